The second-order valence-corrected chi connectivity index (χ2v) is 6.15. The Morgan fingerprint density at radius 1 is 1.24 bits per heavy atom. The van der Waals surface area contributed by atoms with Gasteiger partial charge in [0.25, 0.3) is 5.91 Å². The van der Waals surface area contributed by atoms with E-state index < -0.39 is 23.2 Å². The molecule has 1 aromatic carbocycles. The molecule has 1 aromatic heterocycles. The van der Waals surface area contributed by atoms with E-state index in [1.807, 2.05) is 35.2 Å². The number of nitrogens with zero attached hydrogens (tertiary/aromatic N) is 2. The molecule has 130 valence electrons. The predicted molar refractivity (Wildman–Crippen MR) is 88.4 cm³/mol. The number of likely N-dealkylation sites (tertiary alicyclic amines) is 1. The van der Waals surface area contributed by atoms with Crippen molar-refractivity contribution in [1.82, 2.24) is 15.2 Å². The lowest BCUT2D eigenvalue weighted by Crippen LogP contribution is -2.56. The number of aliphatic carboxylic acids is 1. The van der Waals surface area contributed by atoms with Crippen molar-refractivity contribution in [2.24, 2.45) is 0 Å². The number of halogens is 1. The van der Waals surface area contributed by atoms with E-state index in [2.05, 4.69) is 10.3 Å². The molecule has 0 aliphatic carbocycles. The molecule has 1 amide bonds. The zero-order valence-corrected chi connectivity index (χ0v) is 13.5. The number of hydrogen-bond acceptors (Lipinski definition) is 4. The van der Waals surface area contributed by atoms with Crippen LogP contribution in [-0.2, 0) is 11.3 Å². The van der Waals surface area contributed by atoms with Crippen molar-refractivity contribution in [1.29, 1.82) is 0 Å². The standard InChI is InChI=1S/C18H18FN3O3/c19-14-6-7-15(20-10-14)16(23)21-18(17(24)25)8-9-22(12-18)11-13-4-2-1-3-5-13/h1-7,10H,8-9,11-12H2,(H,21,23)(H,24,25). The summed E-state index contributed by atoms with van der Waals surface area (Å²) >= 11 is 0. The summed E-state index contributed by atoms with van der Waals surface area (Å²) in [6.45, 7) is 1.36. The summed E-state index contributed by atoms with van der Waals surface area (Å²) in [7, 11) is 0. The minimum absolute atomic E-state index is 0.0106. The van der Waals surface area contributed by atoms with Crippen molar-refractivity contribution >= 4 is 11.9 Å². The normalized spacial score (nSPS) is 20.4. The number of rotatable bonds is 5. The van der Waals surface area contributed by atoms with Gasteiger partial charge in [-0.15, -0.1) is 0 Å². The Hall–Kier alpha value is -2.80. The van der Waals surface area contributed by atoms with E-state index in [4.69, 9.17) is 0 Å². The molecule has 1 fully saturated rings. The van der Waals surface area contributed by atoms with Gasteiger partial charge in [0.2, 0.25) is 0 Å². The van der Waals surface area contributed by atoms with Crippen molar-refractivity contribution < 1.29 is 19.1 Å². The molecule has 0 spiro atoms. The van der Waals surface area contributed by atoms with E-state index in [-0.39, 0.29) is 12.2 Å². The highest BCUT2D eigenvalue weighted by Gasteiger charge is 2.46. The van der Waals surface area contributed by atoms with Crippen LogP contribution in [0, 0.1) is 5.82 Å². The van der Waals surface area contributed by atoms with Crippen LogP contribution >= 0.6 is 0 Å². The van der Waals surface area contributed by atoms with Gasteiger partial charge < -0.3 is 10.4 Å². The average Bonchev–Trinajstić information content (AvgIpc) is 3.00. The Morgan fingerprint density at radius 2 is 2.00 bits per heavy atom. The number of aromatic nitrogens is 1. The van der Waals surface area contributed by atoms with Gasteiger partial charge in [-0.25, -0.2) is 14.2 Å². The molecule has 25 heavy (non-hydrogen) atoms. The molecule has 2 N–H and O–H groups in total. The lowest BCUT2D eigenvalue weighted by Gasteiger charge is -2.26. The van der Waals surface area contributed by atoms with Gasteiger partial charge in [-0.2, -0.15) is 0 Å². The molecule has 0 radical (unpaired) electrons. The third-order valence-electron chi connectivity index (χ3n) is 4.32. The summed E-state index contributed by atoms with van der Waals surface area (Å²) in [6.07, 6.45) is 1.22. The Morgan fingerprint density at radius 3 is 2.64 bits per heavy atom. The van der Waals surface area contributed by atoms with Crippen LogP contribution in [0.25, 0.3) is 0 Å². The number of benzene rings is 1. The third kappa shape index (κ3) is 3.83. The summed E-state index contributed by atoms with van der Waals surface area (Å²) in [6, 6.07) is 12.1. The smallest absolute Gasteiger partial charge is 0.330 e. The van der Waals surface area contributed by atoms with Crippen LogP contribution < -0.4 is 5.32 Å². The number of carboxylic acids is 1. The first kappa shape index (κ1) is 17.0. The van der Waals surface area contributed by atoms with E-state index in [0.717, 1.165) is 17.8 Å². The number of pyridine rings is 1. The topological polar surface area (TPSA) is 82.5 Å². The summed E-state index contributed by atoms with van der Waals surface area (Å²) in [5.74, 6) is -2.26. The highest BCUT2D eigenvalue weighted by atomic mass is 19.1. The average molecular weight is 343 g/mol. The molecular weight excluding hydrogens is 325 g/mol. The SMILES string of the molecule is O=C(NC1(C(=O)O)CCN(Cc2ccccc2)C1)c1ccc(F)cn1. The van der Waals surface area contributed by atoms with Crippen LogP contribution in [-0.4, -0.2) is 45.5 Å². The second-order valence-electron chi connectivity index (χ2n) is 6.15. The number of carboxylic acid groups (broad SMARTS) is 1. The Labute approximate surface area is 144 Å². The number of carbonyl (C=O) groups excluding carboxylic acids is 1. The number of amides is 1. The predicted octanol–water partition coefficient (Wildman–Crippen LogP) is 1.68. The summed E-state index contributed by atoms with van der Waals surface area (Å²) < 4.78 is 12.9. The highest BCUT2D eigenvalue weighted by molar-refractivity contribution is 5.96. The molecule has 1 atom stereocenters. The van der Waals surface area contributed by atoms with Crippen LogP contribution in [0.1, 0.15) is 22.5 Å². The molecular formula is C18H18FN3O3. The van der Waals surface area contributed by atoms with Crippen molar-refractivity contribution in [3.63, 3.8) is 0 Å². The van der Waals surface area contributed by atoms with Gasteiger partial charge in [0.1, 0.15) is 11.5 Å². The van der Waals surface area contributed by atoms with Crippen molar-refractivity contribution in [3.05, 3.63) is 65.7 Å². The lowest BCUT2D eigenvalue weighted by molar-refractivity contribution is -0.144. The number of nitrogens with one attached hydrogen (secondary N) is 1. The molecule has 2 aromatic rings. The first-order chi connectivity index (χ1) is 12.0. The molecule has 0 bridgehead atoms. The molecule has 3 rings (SSSR count). The lowest BCUT2D eigenvalue weighted by atomic mass is 9.98. The van der Waals surface area contributed by atoms with Crippen molar-refractivity contribution in [2.75, 3.05) is 13.1 Å². The zero-order valence-electron chi connectivity index (χ0n) is 13.5. The molecule has 1 aliphatic heterocycles. The van der Waals surface area contributed by atoms with E-state index >= 15 is 0 Å². The fourth-order valence-corrected chi connectivity index (χ4v) is 2.99. The van der Waals surface area contributed by atoms with Crippen LogP contribution in [0.15, 0.2) is 48.7 Å². The van der Waals surface area contributed by atoms with Crippen LogP contribution in [0.2, 0.25) is 0 Å². The van der Waals surface area contributed by atoms with Gasteiger partial charge in [-0.05, 0) is 24.1 Å². The van der Waals surface area contributed by atoms with E-state index in [1.165, 1.54) is 6.07 Å². The van der Waals surface area contributed by atoms with Crippen LogP contribution in [0.4, 0.5) is 4.39 Å². The molecule has 6 nitrogen and oxygen atoms in total. The van der Waals surface area contributed by atoms with Gasteiger partial charge in [-0.3, -0.25) is 9.69 Å². The van der Waals surface area contributed by atoms with Gasteiger partial charge in [-0.1, -0.05) is 30.3 Å². The van der Waals surface area contributed by atoms with E-state index in [9.17, 15) is 19.1 Å². The maximum absolute atomic E-state index is 12.9. The minimum atomic E-state index is -1.37. The third-order valence-corrected chi connectivity index (χ3v) is 4.32. The zero-order chi connectivity index (χ0) is 17.9. The molecule has 1 saturated heterocycles. The molecule has 2 heterocycles. The van der Waals surface area contributed by atoms with Crippen LogP contribution in [0.3, 0.4) is 0 Å². The summed E-state index contributed by atoms with van der Waals surface area (Å²) in [4.78, 5) is 29.8. The molecule has 1 aliphatic rings. The number of carbonyl (C=O) groups is 2. The fourth-order valence-electron chi connectivity index (χ4n) is 2.99. The van der Waals surface area contributed by atoms with Gasteiger partial charge >= 0.3 is 5.97 Å². The fraction of sp³-hybridized carbons (Fsp3) is 0.278. The maximum atomic E-state index is 12.9. The van der Waals surface area contributed by atoms with Crippen LogP contribution in [0.5, 0.6) is 0 Å². The maximum Gasteiger partial charge on any atom is 0.330 e. The summed E-state index contributed by atoms with van der Waals surface area (Å²) in [5, 5.41) is 12.2. The minimum Gasteiger partial charge on any atom is -0.479 e. The van der Waals surface area contributed by atoms with E-state index in [1.54, 1.807) is 0 Å². The van der Waals surface area contributed by atoms with Gasteiger partial charge in [0, 0.05) is 19.6 Å². The first-order valence-corrected chi connectivity index (χ1v) is 7.92. The Kier molecular flexibility index (Phi) is 4.76. The second kappa shape index (κ2) is 6.98. The largest absolute Gasteiger partial charge is 0.479 e. The van der Waals surface area contributed by atoms with Gasteiger partial charge in [0.15, 0.2) is 5.54 Å². The highest BCUT2D eigenvalue weighted by Crippen LogP contribution is 2.24. The van der Waals surface area contributed by atoms with Crippen molar-refractivity contribution in [3.8, 4) is 0 Å². The Balaban J connectivity index is 1.71. The van der Waals surface area contributed by atoms with Crippen molar-refractivity contribution in [2.45, 2.75) is 18.5 Å². The Bertz CT molecular complexity index is 767. The van der Waals surface area contributed by atoms with E-state index in [0.29, 0.717) is 19.5 Å². The number of hydrogen-bond donors (Lipinski definition) is 2. The monoisotopic (exact) mass is 343 g/mol. The molecule has 1 unspecified atom stereocenters. The quantitative estimate of drug-likeness (QED) is 0.863. The molecule has 7 heteroatoms. The summed E-state index contributed by atoms with van der Waals surface area (Å²) in [5.41, 5.74) is -0.305. The van der Waals surface area contributed by atoms with Gasteiger partial charge in [0.05, 0.1) is 6.20 Å². The molecule has 0 saturated carbocycles. The first-order valence-electron chi connectivity index (χ1n) is 7.92.